The number of hydrogen-bond acceptors (Lipinski definition) is 3. The van der Waals surface area contributed by atoms with Gasteiger partial charge < -0.3 is 10.4 Å². The van der Waals surface area contributed by atoms with Crippen LogP contribution >= 0.6 is 0 Å². The summed E-state index contributed by atoms with van der Waals surface area (Å²) >= 11 is 0. The lowest BCUT2D eigenvalue weighted by molar-refractivity contribution is 0.00535. The quantitative estimate of drug-likeness (QED) is 0.773. The van der Waals surface area contributed by atoms with E-state index >= 15 is 0 Å². The highest BCUT2D eigenvalue weighted by Gasteiger charge is 2.26. The average molecular weight is 222 g/mol. The minimum Gasteiger partial charge on any atom is -0.389 e. The molecule has 90 valence electrons. The second-order valence-electron chi connectivity index (χ2n) is 4.63. The van der Waals surface area contributed by atoms with Gasteiger partial charge >= 0.3 is 0 Å². The number of nitrogens with zero attached hydrogens (tertiary/aromatic N) is 1. The number of nitrogens with one attached hydrogen (secondary N) is 1. The zero-order valence-electron chi connectivity index (χ0n) is 10.4. The van der Waals surface area contributed by atoms with Crippen LogP contribution in [0.2, 0.25) is 0 Å². The Morgan fingerprint density at radius 1 is 1.44 bits per heavy atom. The van der Waals surface area contributed by atoms with Crippen molar-refractivity contribution in [2.45, 2.75) is 39.3 Å². The van der Waals surface area contributed by atoms with E-state index in [2.05, 4.69) is 24.1 Å². The minimum absolute atomic E-state index is 0.303. The summed E-state index contributed by atoms with van der Waals surface area (Å²) in [6.07, 6.45) is 4.55. The van der Waals surface area contributed by atoms with Crippen LogP contribution in [0, 0.1) is 5.92 Å². The van der Waals surface area contributed by atoms with E-state index in [1.54, 1.807) is 12.4 Å². The predicted molar refractivity (Wildman–Crippen MR) is 66.0 cm³/mol. The van der Waals surface area contributed by atoms with E-state index in [0.29, 0.717) is 12.5 Å². The summed E-state index contributed by atoms with van der Waals surface area (Å²) in [5.41, 5.74) is 0.553. The van der Waals surface area contributed by atoms with Crippen molar-refractivity contribution >= 4 is 0 Å². The van der Waals surface area contributed by atoms with Gasteiger partial charge in [0.1, 0.15) is 0 Å². The summed E-state index contributed by atoms with van der Waals surface area (Å²) in [5, 5.41) is 13.5. The molecule has 3 heteroatoms. The maximum Gasteiger partial charge on any atom is 0.0768 e. The van der Waals surface area contributed by atoms with Crippen LogP contribution in [-0.4, -0.2) is 22.2 Å². The monoisotopic (exact) mass is 222 g/mol. The Kier molecular flexibility index (Phi) is 4.90. The van der Waals surface area contributed by atoms with Crippen molar-refractivity contribution in [3.63, 3.8) is 0 Å². The van der Waals surface area contributed by atoms with Gasteiger partial charge in [0.25, 0.3) is 0 Å². The summed E-state index contributed by atoms with van der Waals surface area (Å²) in [6.45, 7) is 7.45. The molecule has 0 aliphatic carbocycles. The molecule has 0 fully saturated rings. The van der Waals surface area contributed by atoms with Crippen molar-refractivity contribution in [2.75, 3.05) is 6.54 Å². The van der Waals surface area contributed by atoms with Gasteiger partial charge in [0.05, 0.1) is 5.60 Å². The van der Waals surface area contributed by atoms with Crippen molar-refractivity contribution in [1.29, 1.82) is 0 Å². The number of aliphatic hydroxyl groups is 1. The summed E-state index contributed by atoms with van der Waals surface area (Å²) < 4.78 is 0. The molecule has 1 heterocycles. The van der Waals surface area contributed by atoms with E-state index in [4.69, 9.17) is 0 Å². The third kappa shape index (κ3) is 3.91. The van der Waals surface area contributed by atoms with Crippen molar-refractivity contribution < 1.29 is 5.11 Å². The molecule has 16 heavy (non-hydrogen) atoms. The molecule has 1 rings (SSSR count). The Balaban J connectivity index is 2.35. The lowest BCUT2D eigenvalue weighted by atomic mass is 9.88. The lowest BCUT2D eigenvalue weighted by Crippen LogP contribution is -2.42. The second-order valence-corrected chi connectivity index (χ2v) is 4.63. The Morgan fingerprint density at radius 3 is 2.62 bits per heavy atom. The largest absolute Gasteiger partial charge is 0.389 e. The standard InChI is InChI=1S/C13H22N2O/c1-4-11(2)13(3,16)10-15-9-12-5-7-14-8-6-12/h5-8,11,15-16H,4,9-10H2,1-3H3. The fourth-order valence-electron chi connectivity index (χ4n) is 1.57. The summed E-state index contributed by atoms with van der Waals surface area (Å²) in [6, 6.07) is 3.95. The molecule has 0 aromatic carbocycles. The maximum atomic E-state index is 10.2. The highest BCUT2D eigenvalue weighted by atomic mass is 16.3. The maximum absolute atomic E-state index is 10.2. The summed E-state index contributed by atoms with van der Waals surface area (Å²) in [5.74, 6) is 0.303. The van der Waals surface area contributed by atoms with Crippen LogP contribution in [0.25, 0.3) is 0 Å². The molecule has 0 saturated carbocycles. The fraction of sp³-hybridized carbons (Fsp3) is 0.615. The number of pyridine rings is 1. The molecular formula is C13H22N2O. The minimum atomic E-state index is -0.637. The Hall–Kier alpha value is -0.930. The predicted octanol–water partition coefficient (Wildman–Crippen LogP) is 1.97. The van der Waals surface area contributed by atoms with Crippen LogP contribution in [0.5, 0.6) is 0 Å². The van der Waals surface area contributed by atoms with Gasteiger partial charge in [-0.1, -0.05) is 20.3 Å². The van der Waals surface area contributed by atoms with Gasteiger partial charge in [0, 0.05) is 25.5 Å². The van der Waals surface area contributed by atoms with Crippen molar-refractivity contribution in [3.8, 4) is 0 Å². The Bertz CT molecular complexity index is 298. The molecule has 1 aromatic rings. The van der Waals surface area contributed by atoms with Crippen molar-refractivity contribution in [3.05, 3.63) is 30.1 Å². The van der Waals surface area contributed by atoms with Gasteiger partial charge in [0.2, 0.25) is 0 Å². The Morgan fingerprint density at radius 2 is 2.06 bits per heavy atom. The molecule has 2 N–H and O–H groups in total. The normalized spacial score (nSPS) is 16.8. The Labute approximate surface area is 97.9 Å². The molecule has 0 aliphatic rings. The average Bonchev–Trinajstić information content (AvgIpc) is 2.29. The molecule has 3 nitrogen and oxygen atoms in total. The summed E-state index contributed by atoms with van der Waals surface area (Å²) in [7, 11) is 0. The topological polar surface area (TPSA) is 45.1 Å². The van der Waals surface area contributed by atoms with E-state index in [0.717, 1.165) is 13.0 Å². The van der Waals surface area contributed by atoms with Crippen molar-refractivity contribution in [2.24, 2.45) is 5.92 Å². The summed E-state index contributed by atoms with van der Waals surface area (Å²) in [4.78, 5) is 3.97. The molecular weight excluding hydrogens is 200 g/mol. The molecule has 2 unspecified atom stereocenters. The SMILES string of the molecule is CCC(C)C(C)(O)CNCc1ccncc1. The lowest BCUT2D eigenvalue weighted by Gasteiger charge is -2.30. The van der Waals surface area contributed by atoms with Crippen LogP contribution in [0.15, 0.2) is 24.5 Å². The highest BCUT2D eigenvalue weighted by Crippen LogP contribution is 2.18. The van der Waals surface area contributed by atoms with Crippen molar-refractivity contribution in [1.82, 2.24) is 10.3 Å². The van der Waals surface area contributed by atoms with Crippen LogP contribution in [0.1, 0.15) is 32.8 Å². The third-order valence-electron chi connectivity index (χ3n) is 3.24. The van der Waals surface area contributed by atoms with Crippen LogP contribution in [0.3, 0.4) is 0 Å². The number of rotatable bonds is 6. The molecule has 1 aromatic heterocycles. The first-order valence-electron chi connectivity index (χ1n) is 5.88. The number of hydrogen-bond donors (Lipinski definition) is 2. The fourth-order valence-corrected chi connectivity index (χ4v) is 1.57. The first kappa shape index (κ1) is 13.1. The van der Waals surface area contributed by atoms with Gasteiger partial charge in [-0.05, 0) is 30.5 Å². The van der Waals surface area contributed by atoms with Gasteiger partial charge in [-0.15, -0.1) is 0 Å². The van der Waals surface area contributed by atoms with E-state index in [1.165, 1.54) is 5.56 Å². The van der Waals surface area contributed by atoms with E-state index < -0.39 is 5.60 Å². The van der Waals surface area contributed by atoms with Gasteiger partial charge in [-0.2, -0.15) is 0 Å². The van der Waals surface area contributed by atoms with Crippen LogP contribution in [0.4, 0.5) is 0 Å². The van der Waals surface area contributed by atoms with E-state index in [-0.39, 0.29) is 0 Å². The number of aromatic nitrogens is 1. The molecule has 0 saturated heterocycles. The van der Waals surface area contributed by atoms with E-state index in [9.17, 15) is 5.11 Å². The van der Waals surface area contributed by atoms with Gasteiger partial charge in [0.15, 0.2) is 0 Å². The van der Waals surface area contributed by atoms with Gasteiger partial charge in [-0.3, -0.25) is 4.98 Å². The van der Waals surface area contributed by atoms with Gasteiger partial charge in [-0.25, -0.2) is 0 Å². The first-order chi connectivity index (χ1) is 7.56. The smallest absolute Gasteiger partial charge is 0.0768 e. The van der Waals surface area contributed by atoms with E-state index in [1.807, 2.05) is 19.1 Å². The molecule has 0 amide bonds. The molecule has 0 aliphatic heterocycles. The van der Waals surface area contributed by atoms with Crippen LogP contribution in [-0.2, 0) is 6.54 Å². The molecule has 0 bridgehead atoms. The molecule has 0 spiro atoms. The van der Waals surface area contributed by atoms with Crippen LogP contribution < -0.4 is 5.32 Å². The third-order valence-corrected chi connectivity index (χ3v) is 3.24. The zero-order chi connectivity index (χ0) is 12.0. The zero-order valence-corrected chi connectivity index (χ0v) is 10.4. The highest BCUT2D eigenvalue weighted by molar-refractivity contribution is 5.09. The first-order valence-corrected chi connectivity index (χ1v) is 5.88. The molecule has 0 radical (unpaired) electrons. The molecule has 2 atom stereocenters. The second kappa shape index (κ2) is 5.97.